The van der Waals surface area contributed by atoms with Crippen molar-refractivity contribution < 1.29 is 4.79 Å². The second-order valence-electron chi connectivity index (χ2n) is 4.91. The molecule has 4 heteroatoms. The number of hydrogen-bond acceptors (Lipinski definition) is 2. The van der Waals surface area contributed by atoms with E-state index in [0.29, 0.717) is 12.5 Å². The Balaban J connectivity index is 1.95. The van der Waals surface area contributed by atoms with Gasteiger partial charge in [0.2, 0.25) is 0 Å². The monoisotopic (exact) mass is 269 g/mol. The summed E-state index contributed by atoms with van der Waals surface area (Å²) in [6.45, 7) is 4.67. The van der Waals surface area contributed by atoms with Gasteiger partial charge in [-0.1, -0.05) is 38.1 Å². The van der Waals surface area contributed by atoms with Gasteiger partial charge in [-0.25, -0.2) is 4.79 Å². The van der Waals surface area contributed by atoms with Crippen LogP contribution in [0, 0.1) is 0 Å². The lowest BCUT2D eigenvalue weighted by atomic mass is 10.0. The average Bonchev–Trinajstić information content (AvgIpc) is 2.46. The van der Waals surface area contributed by atoms with E-state index in [9.17, 15) is 4.79 Å². The Hall–Kier alpha value is -2.36. The maximum Gasteiger partial charge on any atom is 0.319 e. The van der Waals surface area contributed by atoms with Gasteiger partial charge >= 0.3 is 6.03 Å². The van der Waals surface area contributed by atoms with Gasteiger partial charge in [0.05, 0.1) is 0 Å². The number of benzene rings is 1. The van der Waals surface area contributed by atoms with Crippen molar-refractivity contribution >= 4 is 11.7 Å². The number of nitrogens with zero attached hydrogens (tertiary/aromatic N) is 1. The molecule has 0 spiro atoms. The van der Waals surface area contributed by atoms with Gasteiger partial charge in [-0.2, -0.15) is 0 Å². The highest BCUT2D eigenvalue weighted by molar-refractivity contribution is 5.90. The third-order valence-corrected chi connectivity index (χ3v) is 3.01. The van der Waals surface area contributed by atoms with E-state index < -0.39 is 0 Å². The largest absolute Gasteiger partial charge is 0.334 e. The number of aromatic nitrogens is 1. The Bertz CT molecular complexity index is 567. The van der Waals surface area contributed by atoms with Crippen LogP contribution in [0.15, 0.2) is 48.8 Å². The molecule has 0 unspecified atom stereocenters. The number of amides is 2. The quantitative estimate of drug-likeness (QED) is 0.892. The molecule has 2 aromatic rings. The van der Waals surface area contributed by atoms with Crippen LogP contribution < -0.4 is 10.6 Å². The number of carbonyl (C=O) groups excluding carboxylic acids is 1. The predicted octanol–water partition coefficient (Wildman–Crippen LogP) is 3.53. The summed E-state index contributed by atoms with van der Waals surface area (Å²) in [4.78, 5) is 15.9. The van der Waals surface area contributed by atoms with E-state index in [1.807, 2.05) is 36.4 Å². The van der Waals surface area contributed by atoms with Crippen LogP contribution in [0.25, 0.3) is 0 Å². The minimum atomic E-state index is -0.207. The highest BCUT2D eigenvalue weighted by atomic mass is 16.2. The number of pyridine rings is 1. The van der Waals surface area contributed by atoms with Gasteiger partial charge in [-0.15, -0.1) is 0 Å². The molecule has 1 aromatic carbocycles. The first-order valence-electron chi connectivity index (χ1n) is 6.69. The summed E-state index contributed by atoms with van der Waals surface area (Å²) in [7, 11) is 0. The summed E-state index contributed by atoms with van der Waals surface area (Å²) in [5.74, 6) is 0.366. The van der Waals surface area contributed by atoms with E-state index in [4.69, 9.17) is 0 Å². The Morgan fingerprint density at radius 2 is 2.00 bits per heavy atom. The number of hydrogen-bond donors (Lipinski definition) is 2. The lowest BCUT2D eigenvalue weighted by molar-refractivity contribution is 0.251. The summed E-state index contributed by atoms with van der Waals surface area (Å²) in [5, 5.41) is 5.72. The topological polar surface area (TPSA) is 54.0 Å². The average molecular weight is 269 g/mol. The second-order valence-corrected chi connectivity index (χ2v) is 4.91. The van der Waals surface area contributed by atoms with E-state index in [0.717, 1.165) is 16.8 Å². The molecule has 2 N–H and O–H groups in total. The fourth-order valence-corrected chi connectivity index (χ4v) is 1.97. The van der Waals surface area contributed by atoms with Gasteiger partial charge < -0.3 is 10.6 Å². The summed E-state index contributed by atoms with van der Waals surface area (Å²) in [6, 6.07) is 11.4. The fraction of sp³-hybridized carbons (Fsp3) is 0.250. The van der Waals surface area contributed by atoms with Crippen molar-refractivity contribution in [2.45, 2.75) is 26.3 Å². The maximum absolute atomic E-state index is 11.9. The molecule has 0 radical (unpaired) electrons. The van der Waals surface area contributed by atoms with Crippen LogP contribution in [0.2, 0.25) is 0 Å². The zero-order valence-corrected chi connectivity index (χ0v) is 11.8. The molecule has 0 atom stereocenters. The first-order valence-corrected chi connectivity index (χ1v) is 6.69. The van der Waals surface area contributed by atoms with E-state index in [1.165, 1.54) is 0 Å². The maximum atomic E-state index is 11.9. The van der Waals surface area contributed by atoms with Crippen LogP contribution >= 0.6 is 0 Å². The molecule has 2 rings (SSSR count). The lowest BCUT2D eigenvalue weighted by Crippen LogP contribution is -2.28. The summed E-state index contributed by atoms with van der Waals surface area (Å²) in [6.07, 6.45) is 3.45. The van der Waals surface area contributed by atoms with Crippen molar-refractivity contribution in [2.24, 2.45) is 0 Å². The standard InChI is InChI=1S/C16H19N3O/c1-12(2)14-7-3-4-8-15(14)19-16(20)18-11-13-6-5-9-17-10-13/h3-10,12H,11H2,1-2H3,(H2,18,19,20). The molecule has 1 heterocycles. The Morgan fingerprint density at radius 1 is 1.20 bits per heavy atom. The summed E-state index contributed by atoms with van der Waals surface area (Å²) < 4.78 is 0. The number of rotatable bonds is 4. The van der Waals surface area contributed by atoms with Crippen LogP contribution in [0.5, 0.6) is 0 Å². The van der Waals surface area contributed by atoms with Crippen LogP contribution in [-0.2, 0) is 6.54 Å². The van der Waals surface area contributed by atoms with Gasteiger partial charge in [0.15, 0.2) is 0 Å². The smallest absolute Gasteiger partial charge is 0.319 e. The predicted molar refractivity (Wildman–Crippen MR) is 80.6 cm³/mol. The lowest BCUT2D eigenvalue weighted by Gasteiger charge is -2.14. The highest BCUT2D eigenvalue weighted by Crippen LogP contribution is 2.23. The second kappa shape index (κ2) is 6.70. The number of nitrogens with one attached hydrogen (secondary N) is 2. The van der Waals surface area contributed by atoms with Crippen LogP contribution in [0.1, 0.15) is 30.9 Å². The van der Waals surface area contributed by atoms with Crippen LogP contribution in [0.3, 0.4) is 0 Å². The summed E-state index contributed by atoms with van der Waals surface area (Å²) >= 11 is 0. The number of urea groups is 1. The first-order chi connectivity index (χ1) is 9.66. The third kappa shape index (κ3) is 3.82. The molecule has 0 saturated carbocycles. The van der Waals surface area contributed by atoms with E-state index in [1.54, 1.807) is 12.4 Å². The molecule has 1 aromatic heterocycles. The van der Waals surface area contributed by atoms with Crippen LogP contribution in [0.4, 0.5) is 10.5 Å². The molecule has 104 valence electrons. The molecule has 0 bridgehead atoms. The molecule has 0 aliphatic carbocycles. The van der Waals surface area contributed by atoms with Crippen molar-refractivity contribution in [1.29, 1.82) is 0 Å². The van der Waals surface area contributed by atoms with E-state index >= 15 is 0 Å². The van der Waals surface area contributed by atoms with Gasteiger partial charge in [0.1, 0.15) is 0 Å². The fourth-order valence-electron chi connectivity index (χ4n) is 1.97. The zero-order valence-electron chi connectivity index (χ0n) is 11.8. The molecular formula is C16H19N3O. The molecule has 0 saturated heterocycles. The molecule has 2 amide bonds. The van der Waals surface area contributed by atoms with Crippen molar-refractivity contribution in [3.63, 3.8) is 0 Å². The molecular weight excluding hydrogens is 250 g/mol. The normalized spacial score (nSPS) is 10.3. The highest BCUT2D eigenvalue weighted by Gasteiger charge is 2.08. The molecule has 0 aliphatic rings. The molecule has 0 aliphatic heterocycles. The van der Waals surface area contributed by atoms with Crippen molar-refractivity contribution in [3.05, 3.63) is 59.9 Å². The minimum absolute atomic E-state index is 0.207. The zero-order chi connectivity index (χ0) is 14.4. The molecule has 20 heavy (non-hydrogen) atoms. The Labute approximate surface area is 119 Å². The molecule has 4 nitrogen and oxygen atoms in total. The van der Waals surface area contributed by atoms with Crippen molar-refractivity contribution in [2.75, 3.05) is 5.32 Å². The molecule has 0 fully saturated rings. The Kier molecular flexibility index (Phi) is 4.71. The summed E-state index contributed by atoms with van der Waals surface area (Å²) in [5.41, 5.74) is 2.95. The third-order valence-electron chi connectivity index (χ3n) is 3.01. The number of carbonyl (C=O) groups is 1. The van der Waals surface area contributed by atoms with Gasteiger partial charge in [0.25, 0.3) is 0 Å². The van der Waals surface area contributed by atoms with Gasteiger partial charge in [0, 0.05) is 24.6 Å². The minimum Gasteiger partial charge on any atom is -0.334 e. The SMILES string of the molecule is CC(C)c1ccccc1NC(=O)NCc1cccnc1. The van der Waals surface area contributed by atoms with Crippen molar-refractivity contribution in [3.8, 4) is 0 Å². The van der Waals surface area contributed by atoms with E-state index in [-0.39, 0.29) is 6.03 Å². The number of anilines is 1. The number of para-hydroxylation sites is 1. The van der Waals surface area contributed by atoms with Gasteiger partial charge in [-0.3, -0.25) is 4.98 Å². The van der Waals surface area contributed by atoms with Gasteiger partial charge in [-0.05, 0) is 29.2 Å². The first kappa shape index (κ1) is 14.1. The van der Waals surface area contributed by atoms with Crippen molar-refractivity contribution in [1.82, 2.24) is 10.3 Å². The Morgan fingerprint density at radius 3 is 2.70 bits per heavy atom. The van der Waals surface area contributed by atoms with Crippen LogP contribution in [-0.4, -0.2) is 11.0 Å². The van der Waals surface area contributed by atoms with E-state index in [2.05, 4.69) is 29.5 Å².